The minimum absolute atomic E-state index is 0.0877. The summed E-state index contributed by atoms with van der Waals surface area (Å²) in [5, 5.41) is 0. The van der Waals surface area contributed by atoms with Crippen LogP contribution in [-0.4, -0.2) is 31.4 Å². The smallest absolute Gasteiger partial charge is 0.250 e. The molecular formula is C12H13ClN2O3S2. The third-order valence-corrected chi connectivity index (χ3v) is 5.70. The first kappa shape index (κ1) is 15.2. The Bertz CT molecular complexity index is 778. The molecule has 0 amide bonds. The molecule has 0 saturated heterocycles. The van der Waals surface area contributed by atoms with Crippen LogP contribution in [0.5, 0.6) is 0 Å². The van der Waals surface area contributed by atoms with Crippen molar-refractivity contribution in [2.24, 2.45) is 0 Å². The quantitative estimate of drug-likeness (QED) is 0.858. The molecule has 0 atom stereocenters. The van der Waals surface area contributed by atoms with E-state index in [-0.39, 0.29) is 10.5 Å². The van der Waals surface area contributed by atoms with Crippen LogP contribution in [0.2, 0.25) is 4.34 Å². The molecule has 20 heavy (non-hydrogen) atoms. The van der Waals surface area contributed by atoms with Gasteiger partial charge in [-0.25, -0.2) is 12.7 Å². The largest absolute Gasteiger partial charge is 0.309 e. The Balaban J connectivity index is 2.42. The molecule has 8 heteroatoms. The maximum atomic E-state index is 12.0. The molecule has 2 aromatic rings. The number of nitrogens with zero attached hydrogens (tertiary/aromatic N) is 2. The molecule has 0 aliphatic carbocycles. The van der Waals surface area contributed by atoms with Gasteiger partial charge in [0, 0.05) is 31.2 Å². The first-order valence-corrected chi connectivity index (χ1v) is 8.31. The second kappa shape index (κ2) is 5.69. The number of rotatable bonds is 4. The predicted octanol–water partition coefficient (Wildman–Crippen LogP) is 1.86. The zero-order valence-corrected chi connectivity index (χ0v) is 13.3. The molecule has 5 nitrogen and oxygen atoms in total. The first-order valence-electron chi connectivity index (χ1n) is 5.68. The number of sulfonamides is 1. The molecule has 0 radical (unpaired) electrons. The second-order valence-corrected chi connectivity index (χ2v) is 8.28. The van der Waals surface area contributed by atoms with E-state index < -0.39 is 10.0 Å². The van der Waals surface area contributed by atoms with Gasteiger partial charge in [-0.05, 0) is 18.2 Å². The molecule has 2 rings (SSSR count). The zero-order chi connectivity index (χ0) is 14.9. The fraction of sp³-hybridized carbons (Fsp3) is 0.250. The third kappa shape index (κ3) is 3.12. The molecule has 2 heterocycles. The Labute approximate surface area is 126 Å². The van der Waals surface area contributed by atoms with Crippen LogP contribution < -0.4 is 5.56 Å². The van der Waals surface area contributed by atoms with Crippen LogP contribution >= 0.6 is 22.9 Å². The maximum absolute atomic E-state index is 12.0. The van der Waals surface area contributed by atoms with Crippen LogP contribution in [0, 0.1) is 0 Å². The standard InChI is InChI=1S/C12H13ClN2O3S2/c1-14(2)20(17,18)10-4-6-12(16)15(8-10)7-9-3-5-11(13)19-9/h3-6,8H,7H2,1-2H3. The van der Waals surface area contributed by atoms with E-state index in [0.29, 0.717) is 10.9 Å². The van der Waals surface area contributed by atoms with Crippen molar-refractivity contribution in [3.05, 3.63) is 50.0 Å². The van der Waals surface area contributed by atoms with E-state index in [9.17, 15) is 13.2 Å². The Hall–Kier alpha value is -1.15. The minimum atomic E-state index is -3.55. The maximum Gasteiger partial charge on any atom is 0.250 e. The van der Waals surface area contributed by atoms with Gasteiger partial charge in [-0.3, -0.25) is 4.79 Å². The molecule has 0 aliphatic rings. The first-order chi connectivity index (χ1) is 9.30. The van der Waals surface area contributed by atoms with Gasteiger partial charge in [0.25, 0.3) is 5.56 Å². The van der Waals surface area contributed by atoms with E-state index in [2.05, 4.69) is 0 Å². The highest BCUT2D eigenvalue weighted by atomic mass is 35.5. The fourth-order valence-electron chi connectivity index (χ4n) is 1.60. The van der Waals surface area contributed by atoms with E-state index in [0.717, 1.165) is 9.18 Å². The highest BCUT2D eigenvalue weighted by Gasteiger charge is 2.18. The molecule has 0 spiro atoms. The molecule has 2 aromatic heterocycles. The van der Waals surface area contributed by atoms with E-state index in [1.807, 2.05) is 6.07 Å². The van der Waals surface area contributed by atoms with Gasteiger partial charge >= 0.3 is 0 Å². The Morgan fingerprint density at radius 2 is 1.95 bits per heavy atom. The summed E-state index contributed by atoms with van der Waals surface area (Å²) >= 11 is 7.20. The topological polar surface area (TPSA) is 59.4 Å². The highest BCUT2D eigenvalue weighted by molar-refractivity contribution is 7.89. The van der Waals surface area contributed by atoms with Gasteiger partial charge in [-0.15, -0.1) is 11.3 Å². The average Bonchev–Trinajstić information content (AvgIpc) is 2.77. The summed E-state index contributed by atoms with van der Waals surface area (Å²) in [5.41, 5.74) is -0.257. The van der Waals surface area contributed by atoms with Gasteiger partial charge in [0.1, 0.15) is 0 Å². The van der Waals surface area contributed by atoms with E-state index in [4.69, 9.17) is 11.6 Å². The Morgan fingerprint density at radius 1 is 1.25 bits per heavy atom. The summed E-state index contributed by atoms with van der Waals surface area (Å²) in [6.07, 6.45) is 1.35. The Kier molecular flexibility index (Phi) is 4.33. The van der Waals surface area contributed by atoms with Gasteiger partial charge < -0.3 is 4.57 Å². The fourth-order valence-corrected chi connectivity index (χ4v) is 3.61. The molecule has 0 aliphatic heterocycles. The number of hydrogen-bond acceptors (Lipinski definition) is 4. The molecule has 0 saturated carbocycles. The lowest BCUT2D eigenvalue weighted by Gasteiger charge is -2.12. The van der Waals surface area contributed by atoms with Crippen molar-refractivity contribution in [3.63, 3.8) is 0 Å². The molecule has 0 unspecified atom stereocenters. The predicted molar refractivity (Wildman–Crippen MR) is 80.0 cm³/mol. The number of thiophene rings is 1. The lowest BCUT2D eigenvalue weighted by atomic mass is 10.4. The minimum Gasteiger partial charge on any atom is -0.309 e. The van der Waals surface area contributed by atoms with E-state index in [1.54, 1.807) is 6.07 Å². The second-order valence-electron chi connectivity index (χ2n) is 4.32. The molecule has 108 valence electrons. The molecule has 0 bridgehead atoms. The SMILES string of the molecule is CN(C)S(=O)(=O)c1ccc(=O)n(Cc2ccc(Cl)s2)c1. The van der Waals surface area contributed by atoms with Crippen molar-refractivity contribution >= 4 is 33.0 Å². The summed E-state index contributed by atoms with van der Waals surface area (Å²) in [5.74, 6) is 0. The molecule has 0 aromatic carbocycles. The van der Waals surface area contributed by atoms with Gasteiger partial charge in [0.2, 0.25) is 10.0 Å². The lowest BCUT2D eigenvalue weighted by molar-refractivity contribution is 0.519. The molecular weight excluding hydrogens is 320 g/mol. The summed E-state index contributed by atoms with van der Waals surface area (Å²) in [6.45, 7) is 0.299. The summed E-state index contributed by atoms with van der Waals surface area (Å²) in [4.78, 5) is 12.8. The monoisotopic (exact) mass is 332 g/mol. The molecule has 0 fully saturated rings. The van der Waals surface area contributed by atoms with Crippen LogP contribution in [0.25, 0.3) is 0 Å². The van der Waals surface area contributed by atoms with Crippen LogP contribution in [0.1, 0.15) is 4.88 Å². The van der Waals surface area contributed by atoms with Gasteiger partial charge in [0.15, 0.2) is 0 Å². The van der Waals surface area contributed by atoms with Crippen molar-refractivity contribution in [2.75, 3.05) is 14.1 Å². The van der Waals surface area contributed by atoms with E-state index >= 15 is 0 Å². The van der Waals surface area contributed by atoms with Crippen molar-refractivity contribution in [2.45, 2.75) is 11.4 Å². The van der Waals surface area contributed by atoms with Crippen LogP contribution in [0.4, 0.5) is 0 Å². The number of hydrogen-bond donors (Lipinski definition) is 0. The number of pyridine rings is 1. The van der Waals surface area contributed by atoms with Crippen molar-refractivity contribution in [3.8, 4) is 0 Å². The molecule has 0 N–H and O–H groups in total. The average molecular weight is 333 g/mol. The van der Waals surface area contributed by atoms with Gasteiger partial charge in [-0.2, -0.15) is 0 Å². The van der Waals surface area contributed by atoms with Crippen LogP contribution in [0.15, 0.2) is 40.2 Å². The summed E-state index contributed by atoms with van der Waals surface area (Å²) in [7, 11) is -0.656. The van der Waals surface area contributed by atoms with Crippen LogP contribution in [-0.2, 0) is 16.6 Å². The van der Waals surface area contributed by atoms with Gasteiger partial charge in [0.05, 0.1) is 15.8 Å². The highest BCUT2D eigenvalue weighted by Crippen LogP contribution is 2.22. The zero-order valence-electron chi connectivity index (χ0n) is 10.9. The van der Waals surface area contributed by atoms with Crippen molar-refractivity contribution in [1.82, 2.24) is 8.87 Å². The number of halogens is 1. The normalized spacial score (nSPS) is 12.0. The van der Waals surface area contributed by atoms with Crippen molar-refractivity contribution < 1.29 is 8.42 Å². The Morgan fingerprint density at radius 3 is 2.50 bits per heavy atom. The van der Waals surface area contributed by atoms with E-state index in [1.165, 1.54) is 48.3 Å². The van der Waals surface area contributed by atoms with Gasteiger partial charge in [-0.1, -0.05) is 11.6 Å². The lowest BCUT2D eigenvalue weighted by Crippen LogP contribution is -2.26. The van der Waals surface area contributed by atoms with Crippen LogP contribution in [0.3, 0.4) is 0 Å². The summed E-state index contributed by atoms with van der Waals surface area (Å²) < 4.78 is 27.2. The third-order valence-electron chi connectivity index (χ3n) is 2.69. The summed E-state index contributed by atoms with van der Waals surface area (Å²) in [6, 6.07) is 6.13. The van der Waals surface area contributed by atoms with Crippen molar-refractivity contribution in [1.29, 1.82) is 0 Å². The number of aromatic nitrogens is 1.